The number of amides is 1. The van der Waals surface area contributed by atoms with E-state index in [1.165, 1.54) is 96.3 Å². The van der Waals surface area contributed by atoms with Crippen molar-refractivity contribution in [1.82, 2.24) is 5.32 Å². The summed E-state index contributed by atoms with van der Waals surface area (Å²) in [5.74, 6) is -0.560. The normalized spacial score (nSPS) is 24.6. The van der Waals surface area contributed by atoms with Gasteiger partial charge in [-0.1, -0.05) is 168 Å². The Bertz CT molecular complexity index is 948. The van der Waals surface area contributed by atoms with Crippen molar-refractivity contribution in [3.63, 3.8) is 0 Å². The number of unbranched alkanes of at least 4 members (excludes halogenated alkanes) is 22. The molecule has 0 bridgehead atoms. The van der Waals surface area contributed by atoms with E-state index in [2.05, 4.69) is 19.2 Å². The predicted molar refractivity (Wildman–Crippen MR) is 211 cm³/mol. The van der Waals surface area contributed by atoms with E-state index in [1.807, 2.05) is 0 Å². The van der Waals surface area contributed by atoms with Crippen LogP contribution >= 0.6 is 7.82 Å². The van der Waals surface area contributed by atoms with Crippen LogP contribution in [0, 0.1) is 0 Å². The largest absolute Gasteiger partial charge is 0.472 e. The Morgan fingerprint density at radius 3 is 1.33 bits per heavy atom. The summed E-state index contributed by atoms with van der Waals surface area (Å²) in [5.41, 5.74) is 0. The summed E-state index contributed by atoms with van der Waals surface area (Å²) in [6.45, 7) is 3.75. The molecule has 0 aromatic carbocycles. The molecular weight excluding hydrogens is 717 g/mol. The van der Waals surface area contributed by atoms with E-state index in [9.17, 15) is 50.0 Å². The molecule has 0 aromatic rings. The highest BCUT2D eigenvalue weighted by molar-refractivity contribution is 7.47. The number of hydrogen-bond acceptors (Lipinski definition) is 11. The number of phosphoric ester groups is 1. The predicted octanol–water partition coefficient (Wildman–Crippen LogP) is 6.09. The van der Waals surface area contributed by atoms with Crippen LogP contribution in [0.25, 0.3) is 0 Å². The Morgan fingerprint density at radius 2 is 0.926 bits per heavy atom. The fraction of sp³-hybridized carbons (Fsp3) is 0.975. The van der Waals surface area contributed by atoms with Crippen LogP contribution in [0.4, 0.5) is 0 Å². The van der Waals surface area contributed by atoms with E-state index in [1.54, 1.807) is 0 Å². The molecule has 1 fully saturated rings. The number of nitrogens with one attached hydrogen (secondary N) is 1. The molecule has 1 aliphatic rings. The molecule has 0 aliphatic heterocycles. The summed E-state index contributed by atoms with van der Waals surface area (Å²) in [4.78, 5) is 23.3. The molecule has 8 unspecified atom stereocenters. The van der Waals surface area contributed by atoms with Gasteiger partial charge in [0.15, 0.2) is 0 Å². The van der Waals surface area contributed by atoms with E-state index in [-0.39, 0.29) is 12.8 Å². The first-order chi connectivity index (χ1) is 25.8. The fourth-order valence-corrected chi connectivity index (χ4v) is 8.09. The van der Waals surface area contributed by atoms with Gasteiger partial charge in [-0.05, 0) is 12.8 Å². The first-order valence-corrected chi connectivity index (χ1v) is 23.1. The van der Waals surface area contributed by atoms with Crippen LogP contribution in [-0.4, -0.2) is 108 Å². The van der Waals surface area contributed by atoms with Crippen LogP contribution in [0.2, 0.25) is 0 Å². The van der Waals surface area contributed by atoms with Crippen molar-refractivity contribution in [2.75, 3.05) is 6.61 Å². The van der Waals surface area contributed by atoms with Crippen molar-refractivity contribution in [2.24, 2.45) is 0 Å². The molecule has 8 atom stereocenters. The minimum absolute atomic E-state index is 0.216. The van der Waals surface area contributed by atoms with E-state index >= 15 is 0 Å². The van der Waals surface area contributed by atoms with E-state index < -0.39 is 75.2 Å². The van der Waals surface area contributed by atoms with Crippen LogP contribution in [0.15, 0.2) is 0 Å². The third-order valence-electron chi connectivity index (χ3n) is 10.7. The molecule has 0 spiro atoms. The quantitative estimate of drug-likeness (QED) is 0.0263. The number of carbonyl (C=O) groups excluding carboxylic acids is 1. The lowest BCUT2D eigenvalue weighted by atomic mass is 9.85. The Labute approximate surface area is 326 Å². The average Bonchev–Trinajstić information content (AvgIpc) is 3.14. The summed E-state index contributed by atoms with van der Waals surface area (Å²) in [7, 11) is -5.10. The maximum absolute atomic E-state index is 12.9. The molecule has 0 aromatic heterocycles. The zero-order valence-corrected chi connectivity index (χ0v) is 34.5. The lowest BCUT2D eigenvalue weighted by molar-refractivity contribution is -0.220. The lowest BCUT2D eigenvalue weighted by Gasteiger charge is -2.41. The Balaban J connectivity index is 2.54. The maximum Gasteiger partial charge on any atom is 0.472 e. The number of phosphoric acid groups is 1. The molecule has 14 heteroatoms. The van der Waals surface area contributed by atoms with Crippen LogP contribution < -0.4 is 5.32 Å². The van der Waals surface area contributed by atoms with E-state index in [0.29, 0.717) is 12.8 Å². The molecule has 0 radical (unpaired) electrons. The highest BCUT2D eigenvalue weighted by Crippen LogP contribution is 2.47. The summed E-state index contributed by atoms with van der Waals surface area (Å²) in [5, 5.41) is 74.3. The second-order valence-electron chi connectivity index (χ2n) is 15.7. The van der Waals surface area contributed by atoms with E-state index in [4.69, 9.17) is 9.05 Å². The van der Waals surface area contributed by atoms with Gasteiger partial charge in [0.1, 0.15) is 36.6 Å². The number of rotatable bonds is 35. The highest BCUT2D eigenvalue weighted by atomic mass is 31.2. The van der Waals surface area contributed by atoms with Gasteiger partial charge < -0.3 is 46.0 Å². The summed E-state index contributed by atoms with van der Waals surface area (Å²) < 4.78 is 22.8. The van der Waals surface area contributed by atoms with Crippen LogP contribution in [0.5, 0.6) is 0 Å². The van der Waals surface area contributed by atoms with Crippen molar-refractivity contribution in [2.45, 2.75) is 242 Å². The molecule has 1 aliphatic carbocycles. The molecule has 322 valence electrons. The van der Waals surface area contributed by atoms with Crippen molar-refractivity contribution in [1.29, 1.82) is 0 Å². The van der Waals surface area contributed by atoms with Gasteiger partial charge in [-0.15, -0.1) is 0 Å². The third-order valence-corrected chi connectivity index (χ3v) is 11.7. The van der Waals surface area contributed by atoms with Gasteiger partial charge in [0.05, 0.1) is 31.3 Å². The lowest BCUT2D eigenvalue weighted by Crippen LogP contribution is -2.64. The third kappa shape index (κ3) is 23.5. The monoisotopic (exact) mass is 798 g/mol. The van der Waals surface area contributed by atoms with Gasteiger partial charge in [-0.25, -0.2) is 4.57 Å². The molecule has 1 saturated carbocycles. The Morgan fingerprint density at radius 1 is 0.574 bits per heavy atom. The van der Waals surface area contributed by atoms with Crippen molar-refractivity contribution in [3.8, 4) is 0 Å². The summed E-state index contributed by atoms with van der Waals surface area (Å²) in [6.07, 6.45) is 14.6. The number of carbonyl (C=O) groups is 1. The van der Waals surface area contributed by atoms with Crippen molar-refractivity contribution in [3.05, 3.63) is 0 Å². The van der Waals surface area contributed by atoms with Crippen molar-refractivity contribution < 1.29 is 59.0 Å². The number of aliphatic hydroxyl groups is 7. The standard InChI is InChI=1S/C40H80NO12P/c1-3-5-7-9-11-13-15-16-17-18-19-21-23-25-27-31(42)29-34(44)41-32(33(43)28-26-24-22-20-14-12-10-8-6-4-2)30-52-54(50,51)53-40-38(48)36(46)35(45)37(47)39(40)49/h31-33,35-40,42-43,45-49H,3-30H2,1-2H3,(H,41,44)(H,50,51). The van der Waals surface area contributed by atoms with Crippen LogP contribution in [0.3, 0.4) is 0 Å². The second-order valence-corrected chi connectivity index (χ2v) is 17.1. The highest BCUT2D eigenvalue weighted by Gasteiger charge is 2.51. The van der Waals surface area contributed by atoms with Gasteiger partial charge in [-0.2, -0.15) is 0 Å². The smallest absolute Gasteiger partial charge is 0.393 e. The van der Waals surface area contributed by atoms with Gasteiger partial charge >= 0.3 is 7.82 Å². The van der Waals surface area contributed by atoms with Gasteiger partial charge in [0.2, 0.25) is 5.91 Å². The SMILES string of the molecule is CCCCCCCCCCCCCCCCC(O)CC(=O)NC(COP(=O)(O)OC1C(O)C(O)C(O)C(O)C1O)C(O)CCCCCCCCCCCC. The molecule has 1 rings (SSSR count). The summed E-state index contributed by atoms with van der Waals surface area (Å²) >= 11 is 0. The Hall–Kier alpha value is -0.700. The van der Waals surface area contributed by atoms with Crippen LogP contribution in [0.1, 0.15) is 187 Å². The van der Waals surface area contributed by atoms with Gasteiger partial charge in [0.25, 0.3) is 0 Å². The average molecular weight is 798 g/mol. The van der Waals surface area contributed by atoms with Gasteiger partial charge in [-0.3, -0.25) is 13.8 Å². The topological polar surface area (TPSA) is 226 Å². The zero-order valence-electron chi connectivity index (χ0n) is 33.7. The first kappa shape index (κ1) is 51.3. The van der Waals surface area contributed by atoms with Crippen molar-refractivity contribution >= 4 is 13.7 Å². The minimum Gasteiger partial charge on any atom is -0.393 e. The summed E-state index contributed by atoms with van der Waals surface area (Å²) in [6, 6.07) is -1.15. The Kier molecular flexibility index (Phi) is 29.8. The van der Waals surface area contributed by atoms with Crippen LogP contribution in [-0.2, 0) is 18.4 Å². The number of hydrogen-bond donors (Lipinski definition) is 9. The fourth-order valence-electron chi connectivity index (χ4n) is 7.13. The molecule has 1 amide bonds. The molecule has 54 heavy (non-hydrogen) atoms. The molecule has 0 heterocycles. The molecule has 9 N–H and O–H groups in total. The second kappa shape index (κ2) is 31.3. The molecule has 0 saturated heterocycles. The molecule has 13 nitrogen and oxygen atoms in total. The maximum atomic E-state index is 12.9. The number of aliphatic hydroxyl groups excluding tert-OH is 7. The zero-order chi connectivity index (χ0) is 40.2. The minimum atomic E-state index is -5.10. The van der Waals surface area contributed by atoms with Gasteiger partial charge in [0, 0.05) is 0 Å². The molecular formula is C40H80NO12P. The first-order valence-electron chi connectivity index (χ1n) is 21.6. The van der Waals surface area contributed by atoms with E-state index in [0.717, 1.165) is 51.4 Å².